The highest BCUT2D eigenvalue weighted by atomic mass is 32.1. The zero-order valence-corrected chi connectivity index (χ0v) is 14.5. The van der Waals surface area contributed by atoms with Crippen molar-refractivity contribution in [3.05, 3.63) is 22.4 Å². The van der Waals surface area contributed by atoms with Gasteiger partial charge in [0.15, 0.2) is 0 Å². The Hall–Kier alpha value is -1.40. The van der Waals surface area contributed by atoms with Crippen molar-refractivity contribution in [1.82, 2.24) is 9.80 Å². The third-order valence-corrected chi connectivity index (χ3v) is 6.00. The maximum absolute atomic E-state index is 13.0. The summed E-state index contributed by atoms with van der Waals surface area (Å²) in [7, 11) is 0. The first kappa shape index (κ1) is 16.5. The van der Waals surface area contributed by atoms with E-state index < -0.39 is 0 Å². The SMILES string of the molecule is CC1(CN)CCN(C(=O)C2CCCCN2C(=O)c2cccs2)C1. The Kier molecular flexibility index (Phi) is 4.73. The van der Waals surface area contributed by atoms with E-state index in [4.69, 9.17) is 5.73 Å². The Morgan fingerprint density at radius 3 is 2.87 bits per heavy atom. The standard InChI is InChI=1S/C17H25N3O2S/c1-17(11-18)7-9-19(12-17)15(21)13-5-2-3-8-20(13)16(22)14-6-4-10-23-14/h4,6,10,13H,2-3,5,7-9,11-12,18H2,1H3. The van der Waals surface area contributed by atoms with Gasteiger partial charge in [0, 0.05) is 19.6 Å². The average molecular weight is 335 g/mol. The van der Waals surface area contributed by atoms with Crippen molar-refractivity contribution in [3.8, 4) is 0 Å². The van der Waals surface area contributed by atoms with Crippen LogP contribution >= 0.6 is 11.3 Å². The van der Waals surface area contributed by atoms with Crippen molar-refractivity contribution in [2.45, 2.75) is 38.6 Å². The van der Waals surface area contributed by atoms with Crippen LogP contribution in [-0.4, -0.2) is 53.8 Å². The molecule has 2 aliphatic heterocycles. The lowest BCUT2D eigenvalue weighted by atomic mass is 9.90. The number of rotatable bonds is 3. The van der Waals surface area contributed by atoms with E-state index in [9.17, 15) is 9.59 Å². The maximum Gasteiger partial charge on any atom is 0.264 e. The molecule has 2 unspecified atom stereocenters. The van der Waals surface area contributed by atoms with Crippen LogP contribution in [0.5, 0.6) is 0 Å². The molecular formula is C17H25N3O2S. The van der Waals surface area contributed by atoms with Crippen molar-refractivity contribution in [1.29, 1.82) is 0 Å². The van der Waals surface area contributed by atoms with E-state index in [1.54, 1.807) is 4.90 Å². The molecule has 2 amide bonds. The molecule has 1 aromatic rings. The minimum Gasteiger partial charge on any atom is -0.340 e. The van der Waals surface area contributed by atoms with E-state index in [0.717, 1.165) is 37.1 Å². The predicted molar refractivity (Wildman–Crippen MR) is 91.4 cm³/mol. The van der Waals surface area contributed by atoms with E-state index in [-0.39, 0.29) is 23.3 Å². The lowest BCUT2D eigenvalue weighted by Gasteiger charge is -2.37. The molecule has 0 aromatic carbocycles. The lowest BCUT2D eigenvalue weighted by Crippen LogP contribution is -2.52. The topological polar surface area (TPSA) is 66.6 Å². The summed E-state index contributed by atoms with van der Waals surface area (Å²) >= 11 is 1.44. The van der Waals surface area contributed by atoms with Crippen LogP contribution in [0.15, 0.2) is 17.5 Å². The number of amides is 2. The third-order valence-electron chi connectivity index (χ3n) is 5.14. The number of nitrogens with two attached hydrogens (primary N) is 1. The van der Waals surface area contributed by atoms with Gasteiger partial charge in [0.1, 0.15) is 6.04 Å². The molecule has 2 saturated heterocycles. The molecule has 5 nitrogen and oxygen atoms in total. The molecule has 126 valence electrons. The summed E-state index contributed by atoms with van der Waals surface area (Å²) in [5.41, 5.74) is 5.87. The summed E-state index contributed by atoms with van der Waals surface area (Å²) in [5.74, 6) is 0.102. The van der Waals surface area contributed by atoms with E-state index in [0.29, 0.717) is 19.6 Å². The Morgan fingerprint density at radius 1 is 1.39 bits per heavy atom. The summed E-state index contributed by atoms with van der Waals surface area (Å²) in [6.07, 6.45) is 3.70. The van der Waals surface area contributed by atoms with Gasteiger partial charge in [0.25, 0.3) is 5.91 Å². The molecule has 0 saturated carbocycles. The molecular weight excluding hydrogens is 310 g/mol. The predicted octanol–water partition coefficient (Wildman–Crippen LogP) is 1.94. The molecule has 2 atom stereocenters. The number of nitrogens with zero attached hydrogens (tertiary/aromatic N) is 2. The molecule has 2 fully saturated rings. The first-order valence-corrected chi connectivity index (χ1v) is 9.25. The van der Waals surface area contributed by atoms with Gasteiger partial charge in [0.2, 0.25) is 5.91 Å². The monoisotopic (exact) mass is 335 g/mol. The molecule has 3 heterocycles. The molecule has 1 aromatic heterocycles. The fourth-order valence-corrected chi connectivity index (χ4v) is 4.24. The second kappa shape index (κ2) is 6.61. The number of likely N-dealkylation sites (tertiary alicyclic amines) is 2. The van der Waals surface area contributed by atoms with E-state index >= 15 is 0 Å². The van der Waals surface area contributed by atoms with Crippen LogP contribution in [0.2, 0.25) is 0 Å². The van der Waals surface area contributed by atoms with Crippen LogP contribution in [0.4, 0.5) is 0 Å². The van der Waals surface area contributed by atoms with Gasteiger partial charge in [-0.15, -0.1) is 11.3 Å². The third kappa shape index (κ3) is 3.28. The second-order valence-corrected chi connectivity index (χ2v) is 7.96. The Bertz CT molecular complexity index is 574. The highest BCUT2D eigenvalue weighted by Crippen LogP contribution is 2.31. The molecule has 0 bridgehead atoms. The van der Waals surface area contributed by atoms with Crippen molar-refractivity contribution in [2.24, 2.45) is 11.1 Å². The number of thiophene rings is 1. The molecule has 6 heteroatoms. The van der Waals surface area contributed by atoms with Crippen molar-refractivity contribution < 1.29 is 9.59 Å². The smallest absolute Gasteiger partial charge is 0.264 e. The summed E-state index contributed by atoms with van der Waals surface area (Å²) in [6.45, 7) is 4.87. The number of carbonyl (C=O) groups excluding carboxylic acids is 2. The van der Waals surface area contributed by atoms with Crippen molar-refractivity contribution in [3.63, 3.8) is 0 Å². The highest BCUT2D eigenvalue weighted by Gasteiger charge is 2.40. The van der Waals surface area contributed by atoms with Gasteiger partial charge >= 0.3 is 0 Å². The van der Waals surface area contributed by atoms with Gasteiger partial charge in [-0.2, -0.15) is 0 Å². The van der Waals surface area contributed by atoms with E-state index in [2.05, 4.69) is 6.92 Å². The Morgan fingerprint density at radius 2 is 2.22 bits per heavy atom. The molecule has 2 aliphatic rings. The van der Waals surface area contributed by atoms with E-state index in [1.807, 2.05) is 22.4 Å². The van der Waals surface area contributed by atoms with Gasteiger partial charge in [-0.05, 0) is 49.1 Å². The summed E-state index contributed by atoms with van der Waals surface area (Å²) in [6, 6.07) is 3.41. The minimum absolute atomic E-state index is 0.00108. The van der Waals surface area contributed by atoms with Gasteiger partial charge in [-0.1, -0.05) is 13.0 Å². The van der Waals surface area contributed by atoms with Crippen LogP contribution in [0, 0.1) is 5.41 Å². The zero-order chi connectivity index (χ0) is 16.4. The highest BCUT2D eigenvalue weighted by molar-refractivity contribution is 7.12. The van der Waals surface area contributed by atoms with Gasteiger partial charge < -0.3 is 15.5 Å². The fraction of sp³-hybridized carbons (Fsp3) is 0.647. The number of piperidine rings is 1. The zero-order valence-electron chi connectivity index (χ0n) is 13.7. The molecule has 2 N–H and O–H groups in total. The van der Waals surface area contributed by atoms with Crippen molar-refractivity contribution in [2.75, 3.05) is 26.2 Å². The van der Waals surface area contributed by atoms with Crippen LogP contribution in [0.1, 0.15) is 42.3 Å². The van der Waals surface area contributed by atoms with Crippen LogP contribution in [0.25, 0.3) is 0 Å². The summed E-state index contributed by atoms with van der Waals surface area (Å²) < 4.78 is 0. The van der Waals surface area contributed by atoms with Crippen LogP contribution < -0.4 is 5.73 Å². The van der Waals surface area contributed by atoms with E-state index in [1.165, 1.54) is 11.3 Å². The van der Waals surface area contributed by atoms with Crippen molar-refractivity contribution >= 4 is 23.2 Å². The Balaban J connectivity index is 1.74. The first-order valence-electron chi connectivity index (χ1n) is 8.37. The Labute approximate surface area is 141 Å². The van der Waals surface area contributed by atoms with Crippen LogP contribution in [0.3, 0.4) is 0 Å². The summed E-state index contributed by atoms with van der Waals surface area (Å²) in [4.78, 5) is 30.1. The van der Waals surface area contributed by atoms with Gasteiger partial charge in [0.05, 0.1) is 4.88 Å². The van der Waals surface area contributed by atoms with Crippen LogP contribution in [-0.2, 0) is 4.79 Å². The largest absolute Gasteiger partial charge is 0.340 e. The maximum atomic E-state index is 13.0. The molecule has 3 rings (SSSR count). The first-order chi connectivity index (χ1) is 11.0. The normalized spacial score (nSPS) is 28.2. The van der Waals surface area contributed by atoms with Gasteiger partial charge in [-0.25, -0.2) is 0 Å². The molecule has 0 radical (unpaired) electrons. The molecule has 23 heavy (non-hydrogen) atoms. The minimum atomic E-state index is -0.307. The number of hydrogen-bond donors (Lipinski definition) is 1. The second-order valence-electron chi connectivity index (χ2n) is 7.01. The number of carbonyl (C=O) groups is 2. The molecule has 0 spiro atoms. The fourth-order valence-electron chi connectivity index (χ4n) is 3.56. The lowest BCUT2D eigenvalue weighted by molar-refractivity contribution is -0.136. The average Bonchev–Trinajstić information content (AvgIpc) is 3.24. The molecule has 0 aliphatic carbocycles. The summed E-state index contributed by atoms with van der Waals surface area (Å²) in [5, 5.41) is 1.90. The quantitative estimate of drug-likeness (QED) is 0.918. The van der Waals surface area contributed by atoms with Gasteiger partial charge in [-0.3, -0.25) is 9.59 Å². The number of hydrogen-bond acceptors (Lipinski definition) is 4.